The van der Waals surface area contributed by atoms with Gasteiger partial charge in [0.2, 0.25) is 0 Å². The number of hydrogen-bond acceptors (Lipinski definition) is 4. The average Bonchev–Trinajstić information content (AvgIpc) is 2.74. The molecule has 0 aliphatic rings. The summed E-state index contributed by atoms with van der Waals surface area (Å²) in [6.45, 7) is 4.52. The fourth-order valence-corrected chi connectivity index (χ4v) is 2.71. The quantitative estimate of drug-likeness (QED) is 0.473. The lowest BCUT2D eigenvalue weighted by Gasteiger charge is -2.08. The molecule has 0 fully saturated rings. The summed E-state index contributed by atoms with van der Waals surface area (Å²) in [5, 5.41) is 4.03. The van der Waals surface area contributed by atoms with E-state index in [9.17, 15) is 4.79 Å². The van der Waals surface area contributed by atoms with Crippen molar-refractivity contribution in [1.29, 1.82) is 0 Å². The highest BCUT2D eigenvalue weighted by Crippen LogP contribution is 2.19. The zero-order valence-electron chi connectivity index (χ0n) is 16.8. The number of hydrazone groups is 1. The molecule has 5 heteroatoms. The van der Waals surface area contributed by atoms with Crippen molar-refractivity contribution in [1.82, 2.24) is 5.43 Å². The van der Waals surface area contributed by atoms with E-state index in [-0.39, 0.29) is 5.91 Å². The van der Waals surface area contributed by atoms with Gasteiger partial charge in [0.15, 0.2) is 0 Å². The van der Waals surface area contributed by atoms with Crippen molar-refractivity contribution in [2.45, 2.75) is 20.5 Å². The fraction of sp³-hybridized carbons (Fsp3) is 0.167. The molecule has 0 saturated heterocycles. The van der Waals surface area contributed by atoms with Gasteiger partial charge in [-0.3, -0.25) is 4.79 Å². The topological polar surface area (TPSA) is 59.9 Å². The van der Waals surface area contributed by atoms with Crippen LogP contribution in [-0.4, -0.2) is 19.2 Å². The molecule has 0 spiro atoms. The molecule has 0 aliphatic carbocycles. The fourth-order valence-electron chi connectivity index (χ4n) is 2.71. The Balaban J connectivity index is 1.54. The lowest BCUT2D eigenvalue weighted by atomic mass is 10.1. The van der Waals surface area contributed by atoms with Crippen LogP contribution in [0.15, 0.2) is 71.8 Å². The maximum atomic E-state index is 12.3. The molecule has 5 nitrogen and oxygen atoms in total. The molecule has 0 saturated carbocycles. The van der Waals surface area contributed by atoms with E-state index in [1.54, 1.807) is 12.3 Å². The number of amides is 1. The number of carbonyl (C=O) groups excluding carboxylic acids is 1. The highest BCUT2D eigenvalue weighted by molar-refractivity contribution is 5.97. The molecule has 3 aromatic carbocycles. The molecule has 0 heterocycles. The molecule has 3 aromatic rings. The number of ether oxygens (including phenoxy) is 2. The first-order valence-corrected chi connectivity index (χ1v) is 9.31. The van der Waals surface area contributed by atoms with Gasteiger partial charge in [0.1, 0.15) is 18.1 Å². The van der Waals surface area contributed by atoms with Gasteiger partial charge in [0, 0.05) is 0 Å². The predicted molar refractivity (Wildman–Crippen MR) is 115 cm³/mol. The monoisotopic (exact) mass is 388 g/mol. The van der Waals surface area contributed by atoms with Crippen LogP contribution in [0.1, 0.15) is 32.6 Å². The van der Waals surface area contributed by atoms with Crippen LogP contribution < -0.4 is 14.9 Å². The van der Waals surface area contributed by atoms with Crippen LogP contribution in [0.5, 0.6) is 11.5 Å². The summed E-state index contributed by atoms with van der Waals surface area (Å²) in [7, 11) is 1.54. The number of aryl methyl sites for hydroxylation is 2. The first kappa shape index (κ1) is 20.1. The number of rotatable bonds is 7. The SMILES string of the molecule is COc1cc(C)ccc1C(=O)N/N=C\c1ccc(OCc2ccc(C)cc2)cc1. The number of hydrogen-bond donors (Lipinski definition) is 1. The van der Waals surface area contributed by atoms with E-state index in [1.807, 2.05) is 43.3 Å². The van der Waals surface area contributed by atoms with E-state index in [2.05, 4.69) is 41.7 Å². The summed E-state index contributed by atoms with van der Waals surface area (Å²) >= 11 is 0. The number of methoxy groups -OCH3 is 1. The van der Waals surface area contributed by atoms with Crippen LogP contribution in [0.3, 0.4) is 0 Å². The molecule has 29 heavy (non-hydrogen) atoms. The Morgan fingerprint density at radius 1 is 0.966 bits per heavy atom. The zero-order valence-corrected chi connectivity index (χ0v) is 16.8. The lowest BCUT2D eigenvalue weighted by molar-refractivity contribution is 0.0952. The second-order valence-electron chi connectivity index (χ2n) is 6.75. The highest BCUT2D eigenvalue weighted by Gasteiger charge is 2.11. The van der Waals surface area contributed by atoms with Crippen LogP contribution in [0.4, 0.5) is 0 Å². The van der Waals surface area contributed by atoms with Crippen molar-refractivity contribution in [3.8, 4) is 11.5 Å². The number of benzene rings is 3. The molecule has 3 rings (SSSR count). The molecule has 0 radical (unpaired) electrons. The molecule has 1 amide bonds. The Hall–Kier alpha value is -3.60. The average molecular weight is 388 g/mol. The molecule has 0 unspecified atom stereocenters. The third-order valence-corrected chi connectivity index (χ3v) is 4.39. The largest absolute Gasteiger partial charge is 0.496 e. The molecule has 0 aliphatic heterocycles. The summed E-state index contributed by atoms with van der Waals surface area (Å²) in [6, 6.07) is 21.2. The van der Waals surface area contributed by atoms with Gasteiger partial charge in [-0.1, -0.05) is 35.9 Å². The van der Waals surface area contributed by atoms with Gasteiger partial charge in [-0.15, -0.1) is 0 Å². The van der Waals surface area contributed by atoms with E-state index in [0.29, 0.717) is 17.9 Å². The molecule has 0 bridgehead atoms. The van der Waals surface area contributed by atoms with Gasteiger partial charge in [0.25, 0.3) is 5.91 Å². The summed E-state index contributed by atoms with van der Waals surface area (Å²) < 4.78 is 11.1. The Labute approximate surface area is 171 Å². The highest BCUT2D eigenvalue weighted by atomic mass is 16.5. The summed E-state index contributed by atoms with van der Waals surface area (Å²) in [6.07, 6.45) is 1.59. The smallest absolute Gasteiger partial charge is 0.275 e. The number of nitrogens with one attached hydrogen (secondary N) is 1. The minimum absolute atomic E-state index is 0.323. The Kier molecular flexibility index (Phi) is 6.63. The summed E-state index contributed by atoms with van der Waals surface area (Å²) in [5.74, 6) is 0.972. The molecule has 148 valence electrons. The van der Waals surface area contributed by atoms with Crippen LogP contribution in [0.2, 0.25) is 0 Å². The van der Waals surface area contributed by atoms with Crippen LogP contribution >= 0.6 is 0 Å². The minimum atomic E-state index is -0.323. The van der Waals surface area contributed by atoms with E-state index in [4.69, 9.17) is 9.47 Å². The molecule has 0 aromatic heterocycles. The van der Waals surface area contributed by atoms with Crippen molar-refractivity contribution in [2.75, 3.05) is 7.11 Å². The first-order chi connectivity index (χ1) is 14.0. The Morgan fingerprint density at radius 2 is 1.66 bits per heavy atom. The molecule has 1 N–H and O–H groups in total. The zero-order chi connectivity index (χ0) is 20.6. The maximum Gasteiger partial charge on any atom is 0.275 e. The Bertz CT molecular complexity index is 994. The third-order valence-electron chi connectivity index (χ3n) is 4.39. The number of nitrogens with zero attached hydrogens (tertiary/aromatic N) is 1. The van der Waals surface area contributed by atoms with Crippen LogP contribution in [-0.2, 0) is 6.61 Å². The van der Waals surface area contributed by atoms with E-state index in [1.165, 1.54) is 12.7 Å². The normalized spacial score (nSPS) is 10.7. The third kappa shape index (κ3) is 5.69. The lowest BCUT2D eigenvalue weighted by Crippen LogP contribution is -2.18. The summed E-state index contributed by atoms with van der Waals surface area (Å²) in [4.78, 5) is 12.3. The second kappa shape index (κ2) is 9.55. The van der Waals surface area contributed by atoms with Gasteiger partial charge in [0.05, 0.1) is 18.9 Å². The second-order valence-corrected chi connectivity index (χ2v) is 6.75. The van der Waals surface area contributed by atoms with E-state index >= 15 is 0 Å². The molecule has 0 atom stereocenters. The Morgan fingerprint density at radius 3 is 2.34 bits per heavy atom. The van der Waals surface area contributed by atoms with Gasteiger partial charge < -0.3 is 9.47 Å². The predicted octanol–water partition coefficient (Wildman–Crippen LogP) is 4.65. The maximum absolute atomic E-state index is 12.3. The van der Waals surface area contributed by atoms with Crippen molar-refractivity contribution in [3.63, 3.8) is 0 Å². The van der Waals surface area contributed by atoms with Crippen molar-refractivity contribution < 1.29 is 14.3 Å². The van der Waals surface area contributed by atoms with E-state index < -0.39 is 0 Å². The van der Waals surface area contributed by atoms with Crippen molar-refractivity contribution in [3.05, 3.63) is 94.5 Å². The molecular weight excluding hydrogens is 364 g/mol. The van der Waals surface area contributed by atoms with Crippen LogP contribution in [0, 0.1) is 13.8 Å². The van der Waals surface area contributed by atoms with Gasteiger partial charge in [-0.05, 0) is 66.9 Å². The van der Waals surface area contributed by atoms with Gasteiger partial charge >= 0.3 is 0 Å². The van der Waals surface area contributed by atoms with E-state index in [0.717, 1.165) is 22.4 Å². The standard InChI is InChI=1S/C24H24N2O3/c1-17-4-7-20(8-5-17)16-29-21-11-9-19(10-12-21)15-25-26-24(27)22-13-6-18(2)14-23(22)28-3/h4-15H,16H2,1-3H3,(H,26,27)/b25-15-. The molecular formula is C24H24N2O3. The van der Waals surface area contributed by atoms with Gasteiger partial charge in [-0.25, -0.2) is 5.43 Å². The van der Waals surface area contributed by atoms with Gasteiger partial charge in [-0.2, -0.15) is 5.10 Å². The van der Waals surface area contributed by atoms with Crippen molar-refractivity contribution in [2.24, 2.45) is 5.10 Å². The number of carbonyl (C=O) groups is 1. The first-order valence-electron chi connectivity index (χ1n) is 9.31. The van der Waals surface area contributed by atoms with Crippen LogP contribution in [0.25, 0.3) is 0 Å². The summed E-state index contributed by atoms with van der Waals surface area (Å²) in [5.41, 5.74) is 7.19. The minimum Gasteiger partial charge on any atom is -0.496 e. The van der Waals surface area contributed by atoms with Crippen molar-refractivity contribution >= 4 is 12.1 Å².